The van der Waals surface area contributed by atoms with E-state index in [1.165, 1.54) is 5.56 Å². The molecule has 0 spiro atoms. The average Bonchev–Trinajstić information content (AvgIpc) is 3.12. The number of aryl methyl sites for hydroxylation is 4. The van der Waals surface area contributed by atoms with Crippen molar-refractivity contribution in [2.24, 2.45) is 7.05 Å². The SMILES string of the molecule is Cc1cn(C)c([C@@H]2CCCN(C(=O)c3ccc4[nH]c(C)c(C)c4c3)C2)n1. The second-order valence-electron chi connectivity index (χ2n) is 7.58. The van der Waals surface area contributed by atoms with E-state index in [1.807, 2.05) is 37.1 Å². The molecule has 5 nitrogen and oxygen atoms in total. The van der Waals surface area contributed by atoms with Crippen molar-refractivity contribution in [2.45, 2.75) is 39.5 Å². The summed E-state index contributed by atoms with van der Waals surface area (Å²) in [4.78, 5) is 23.2. The van der Waals surface area contributed by atoms with E-state index in [-0.39, 0.29) is 5.91 Å². The number of nitrogens with one attached hydrogen (secondary N) is 1. The van der Waals surface area contributed by atoms with Gasteiger partial charge in [0.25, 0.3) is 5.91 Å². The first-order valence-electron chi connectivity index (χ1n) is 9.32. The van der Waals surface area contributed by atoms with Gasteiger partial charge in [-0.15, -0.1) is 0 Å². The van der Waals surface area contributed by atoms with Gasteiger partial charge in [-0.3, -0.25) is 4.79 Å². The summed E-state index contributed by atoms with van der Waals surface area (Å²) in [5, 5.41) is 1.14. The zero-order valence-corrected chi connectivity index (χ0v) is 16.0. The molecule has 0 aliphatic carbocycles. The monoisotopic (exact) mass is 350 g/mol. The number of hydrogen-bond donors (Lipinski definition) is 1. The molecule has 1 aliphatic heterocycles. The van der Waals surface area contributed by atoms with E-state index in [2.05, 4.69) is 34.6 Å². The average molecular weight is 350 g/mol. The van der Waals surface area contributed by atoms with Gasteiger partial charge in [-0.1, -0.05) is 0 Å². The molecule has 5 heteroatoms. The van der Waals surface area contributed by atoms with Crippen molar-refractivity contribution in [3.8, 4) is 0 Å². The zero-order valence-electron chi connectivity index (χ0n) is 16.0. The molecule has 26 heavy (non-hydrogen) atoms. The van der Waals surface area contributed by atoms with Gasteiger partial charge < -0.3 is 14.5 Å². The summed E-state index contributed by atoms with van der Waals surface area (Å²) in [6, 6.07) is 5.99. The summed E-state index contributed by atoms with van der Waals surface area (Å²) < 4.78 is 2.10. The predicted molar refractivity (Wildman–Crippen MR) is 104 cm³/mol. The number of benzene rings is 1. The molecule has 1 fully saturated rings. The lowest BCUT2D eigenvalue weighted by Gasteiger charge is -2.32. The van der Waals surface area contributed by atoms with Gasteiger partial charge in [0.1, 0.15) is 5.82 Å². The summed E-state index contributed by atoms with van der Waals surface area (Å²) in [6.45, 7) is 7.75. The quantitative estimate of drug-likeness (QED) is 0.763. The third-order valence-electron chi connectivity index (χ3n) is 5.66. The number of piperidine rings is 1. The largest absolute Gasteiger partial charge is 0.358 e. The molecule has 4 rings (SSSR count). The Kier molecular flexibility index (Phi) is 4.10. The molecule has 2 aromatic heterocycles. The molecule has 136 valence electrons. The minimum Gasteiger partial charge on any atom is -0.358 e. The highest BCUT2D eigenvalue weighted by atomic mass is 16.2. The molecular formula is C21H26N4O. The Balaban J connectivity index is 1.59. The highest BCUT2D eigenvalue weighted by molar-refractivity contribution is 5.99. The van der Waals surface area contributed by atoms with E-state index in [0.717, 1.165) is 59.6 Å². The van der Waals surface area contributed by atoms with Crippen molar-refractivity contribution in [1.82, 2.24) is 19.4 Å². The smallest absolute Gasteiger partial charge is 0.253 e. The third-order valence-corrected chi connectivity index (χ3v) is 5.66. The van der Waals surface area contributed by atoms with E-state index >= 15 is 0 Å². The van der Waals surface area contributed by atoms with Crippen LogP contribution in [0.25, 0.3) is 10.9 Å². The van der Waals surface area contributed by atoms with Crippen molar-refractivity contribution in [2.75, 3.05) is 13.1 Å². The van der Waals surface area contributed by atoms with Gasteiger partial charge in [-0.25, -0.2) is 4.98 Å². The molecule has 0 unspecified atom stereocenters. The number of imidazole rings is 1. The minimum absolute atomic E-state index is 0.126. The summed E-state index contributed by atoms with van der Waals surface area (Å²) in [7, 11) is 2.04. The van der Waals surface area contributed by atoms with Gasteiger partial charge >= 0.3 is 0 Å². The minimum atomic E-state index is 0.126. The number of aromatic nitrogens is 3. The predicted octanol–water partition coefficient (Wildman–Crippen LogP) is 3.85. The molecular weight excluding hydrogens is 324 g/mol. The number of rotatable bonds is 2. The lowest BCUT2D eigenvalue weighted by atomic mass is 9.96. The molecule has 1 aromatic carbocycles. The van der Waals surface area contributed by atoms with Crippen LogP contribution in [0.1, 0.15) is 51.9 Å². The van der Waals surface area contributed by atoms with Crippen LogP contribution in [0, 0.1) is 20.8 Å². The van der Waals surface area contributed by atoms with Crippen molar-refractivity contribution in [3.05, 3.63) is 52.7 Å². The topological polar surface area (TPSA) is 53.9 Å². The Morgan fingerprint density at radius 2 is 2.08 bits per heavy atom. The number of hydrogen-bond acceptors (Lipinski definition) is 2. The van der Waals surface area contributed by atoms with Crippen LogP contribution in [0.2, 0.25) is 0 Å². The van der Waals surface area contributed by atoms with Crippen LogP contribution < -0.4 is 0 Å². The van der Waals surface area contributed by atoms with Gasteiger partial charge in [0.05, 0.1) is 5.69 Å². The number of carbonyl (C=O) groups excluding carboxylic acids is 1. The molecule has 0 bridgehead atoms. The zero-order chi connectivity index (χ0) is 18.4. The van der Waals surface area contributed by atoms with Crippen LogP contribution >= 0.6 is 0 Å². The van der Waals surface area contributed by atoms with Crippen molar-refractivity contribution in [1.29, 1.82) is 0 Å². The first-order valence-corrected chi connectivity index (χ1v) is 9.32. The lowest BCUT2D eigenvalue weighted by molar-refractivity contribution is 0.0703. The van der Waals surface area contributed by atoms with Crippen LogP contribution in [0.5, 0.6) is 0 Å². The van der Waals surface area contributed by atoms with E-state index in [4.69, 9.17) is 0 Å². The molecule has 3 aromatic rings. The second-order valence-corrected chi connectivity index (χ2v) is 7.58. The standard InChI is InChI=1S/C21H26N4O/c1-13-11-24(4)20(22-13)17-6-5-9-25(12-17)21(26)16-7-8-19-18(10-16)14(2)15(3)23-19/h7-8,10-11,17,23H,5-6,9,12H2,1-4H3/t17-/m1/s1. The summed E-state index contributed by atoms with van der Waals surface area (Å²) >= 11 is 0. The Morgan fingerprint density at radius 1 is 1.27 bits per heavy atom. The highest BCUT2D eigenvalue weighted by Gasteiger charge is 2.28. The Hall–Kier alpha value is -2.56. The number of nitrogens with zero attached hydrogens (tertiary/aromatic N) is 3. The van der Waals surface area contributed by atoms with Gasteiger partial charge in [0.2, 0.25) is 0 Å². The fourth-order valence-corrected chi connectivity index (χ4v) is 4.16. The summed E-state index contributed by atoms with van der Waals surface area (Å²) in [5.74, 6) is 1.53. The normalized spacial score (nSPS) is 17.8. The maximum Gasteiger partial charge on any atom is 0.253 e. The molecule has 1 saturated heterocycles. The number of H-pyrrole nitrogens is 1. The van der Waals surface area contributed by atoms with Gasteiger partial charge in [-0.2, -0.15) is 0 Å². The summed E-state index contributed by atoms with van der Waals surface area (Å²) in [5.41, 5.74) is 5.28. The number of fused-ring (bicyclic) bond motifs is 1. The molecule has 0 radical (unpaired) electrons. The Bertz CT molecular complexity index is 981. The molecule has 1 aliphatic rings. The molecule has 3 heterocycles. The van der Waals surface area contributed by atoms with E-state index in [9.17, 15) is 4.79 Å². The van der Waals surface area contributed by atoms with Gasteiger partial charge in [0.15, 0.2) is 0 Å². The van der Waals surface area contributed by atoms with Crippen molar-refractivity contribution >= 4 is 16.8 Å². The molecule has 0 saturated carbocycles. The number of likely N-dealkylation sites (tertiary alicyclic amines) is 1. The van der Waals surface area contributed by atoms with Crippen LogP contribution in [-0.4, -0.2) is 38.4 Å². The summed E-state index contributed by atoms with van der Waals surface area (Å²) in [6.07, 6.45) is 4.16. The van der Waals surface area contributed by atoms with E-state index in [0.29, 0.717) is 5.92 Å². The first kappa shape index (κ1) is 16.9. The molecule has 1 amide bonds. The number of aromatic amines is 1. The Morgan fingerprint density at radius 3 is 2.81 bits per heavy atom. The lowest BCUT2D eigenvalue weighted by Crippen LogP contribution is -2.39. The third kappa shape index (κ3) is 2.81. The molecule has 1 atom stereocenters. The Labute approximate surface area is 154 Å². The second kappa shape index (κ2) is 6.31. The van der Waals surface area contributed by atoms with E-state index in [1.54, 1.807) is 0 Å². The maximum absolute atomic E-state index is 13.1. The van der Waals surface area contributed by atoms with Gasteiger partial charge in [0, 0.05) is 54.4 Å². The fraction of sp³-hybridized carbons (Fsp3) is 0.429. The maximum atomic E-state index is 13.1. The molecule has 1 N–H and O–H groups in total. The van der Waals surface area contributed by atoms with Crippen LogP contribution in [-0.2, 0) is 7.05 Å². The van der Waals surface area contributed by atoms with Crippen LogP contribution in [0.15, 0.2) is 24.4 Å². The number of carbonyl (C=O) groups is 1. The van der Waals surface area contributed by atoms with Crippen molar-refractivity contribution in [3.63, 3.8) is 0 Å². The highest BCUT2D eigenvalue weighted by Crippen LogP contribution is 2.28. The first-order chi connectivity index (χ1) is 12.4. The van der Waals surface area contributed by atoms with Crippen LogP contribution in [0.3, 0.4) is 0 Å². The van der Waals surface area contributed by atoms with Gasteiger partial charge in [-0.05, 0) is 57.4 Å². The fourth-order valence-electron chi connectivity index (χ4n) is 4.16. The van der Waals surface area contributed by atoms with Crippen LogP contribution in [0.4, 0.5) is 0 Å². The van der Waals surface area contributed by atoms with E-state index < -0.39 is 0 Å². The number of amides is 1. The van der Waals surface area contributed by atoms with Crippen molar-refractivity contribution < 1.29 is 4.79 Å².